The number of carbonyl (C=O) groups is 1. The lowest BCUT2D eigenvalue weighted by Crippen LogP contribution is -2.14. The van der Waals surface area contributed by atoms with Gasteiger partial charge in [-0.05, 0) is 17.7 Å². The minimum absolute atomic E-state index is 0.235. The smallest absolute Gasteiger partial charge is 0.295 e. The summed E-state index contributed by atoms with van der Waals surface area (Å²) in [7, 11) is 0. The fraction of sp³-hybridized carbons (Fsp3) is 0.167. The van der Waals surface area contributed by atoms with E-state index in [4.69, 9.17) is 0 Å². The first-order valence-corrected chi connectivity index (χ1v) is 4.90. The summed E-state index contributed by atoms with van der Waals surface area (Å²) in [5, 5.41) is 10.3. The topological polar surface area (TPSA) is 59.4 Å². The van der Waals surface area contributed by atoms with Crippen LogP contribution in [0.25, 0.3) is 10.9 Å². The Kier molecular flexibility index (Phi) is 3.12. The molecule has 1 N–H and O–H groups in total. The molecule has 0 bridgehead atoms. The third kappa shape index (κ3) is 2.35. The summed E-state index contributed by atoms with van der Waals surface area (Å²) in [5.74, 6) is 0. The van der Waals surface area contributed by atoms with Gasteiger partial charge in [0, 0.05) is 18.0 Å². The largest absolute Gasteiger partial charge is 0.438 e. The van der Waals surface area contributed by atoms with Gasteiger partial charge in [0.2, 0.25) is 6.29 Å². The molecule has 0 fully saturated rings. The van der Waals surface area contributed by atoms with Crippen LogP contribution in [0, 0.1) is 0 Å². The summed E-state index contributed by atoms with van der Waals surface area (Å²) in [5.41, 5.74) is 1.73. The van der Waals surface area contributed by atoms with E-state index in [0.29, 0.717) is 0 Å². The maximum atomic E-state index is 10.0. The fourth-order valence-electron chi connectivity index (χ4n) is 1.54. The van der Waals surface area contributed by atoms with Crippen molar-refractivity contribution in [1.82, 2.24) is 4.98 Å². The van der Waals surface area contributed by atoms with Crippen LogP contribution >= 0.6 is 0 Å². The minimum atomic E-state index is -1.11. The molecule has 2 aromatic rings. The number of nitrogens with zero attached hydrogens (tertiary/aromatic N) is 1. The number of fused-ring (bicyclic) bond motifs is 1. The zero-order valence-electron chi connectivity index (χ0n) is 8.54. The Morgan fingerprint density at radius 2 is 2.25 bits per heavy atom. The molecule has 0 amide bonds. The van der Waals surface area contributed by atoms with Crippen molar-refractivity contribution < 1.29 is 14.6 Å². The number of hydrogen-bond acceptors (Lipinski definition) is 4. The Morgan fingerprint density at radius 1 is 1.44 bits per heavy atom. The first-order valence-electron chi connectivity index (χ1n) is 4.90. The van der Waals surface area contributed by atoms with Gasteiger partial charge in [0.05, 0.1) is 5.52 Å². The second-order valence-corrected chi connectivity index (χ2v) is 3.43. The van der Waals surface area contributed by atoms with Gasteiger partial charge in [0.15, 0.2) is 0 Å². The van der Waals surface area contributed by atoms with Gasteiger partial charge >= 0.3 is 0 Å². The van der Waals surface area contributed by atoms with Crippen LogP contribution in [0.15, 0.2) is 36.5 Å². The van der Waals surface area contributed by atoms with E-state index in [1.54, 1.807) is 6.20 Å². The second-order valence-electron chi connectivity index (χ2n) is 3.43. The molecule has 0 saturated carbocycles. The lowest BCUT2D eigenvalue weighted by atomic mass is 10.1. The standard InChI is InChI=1S/C12H11NO3/c14-8-16-12(15)6-9-5-10-3-1-2-4-11(10)13-7-9/h1-5,7-8,12,15H,6H2. The zero-order valence-corrected chi connectivity index (χ0v) is 8.54. The molecule has 1 heterocycles. The average molecular weight is 217 g/mol. The van der Waals surface area contributed by atoms with Crippen LogP contribution in [0.2, 0.25) is 0 Å². The third-order valence-corrected chi connectivity index (χ3v) is 2.27. The number of rotatable bonds is 4. The molecule has 2 rings (SSSR count). The highest BCUT2D eigenvalue weighted by atomic mass is 16.6. The van der Waals surface area contributed by atoms with Crippen molar-refractivity contribution >= 4 is 17.4 Å². The Balaban J connectivity index is 2.22. The van der Waals surface area contributed by atoms with Crippen molar-refractivity contribution in [3.63, 3.8) is 0 Å². The summed E-state index contributed by atoms with van der Waals surface area (Å²) >= 11 is 0. The van der Waals surface area contributed by atoms with E-state index in [1.165, 1.54) is 0 Å². The molecule has 16 heavy (non-hydrogen) atoms. The molecule has 0 aliphatic carbocycles. The molecule has 4 heteroatoms. The number of benzene rings is 1. The molecule has 1 aromatic carbocycles. The monoisotopic (exact) mass is 217 g/mol. The van der Waals surface area contributed by atoms with Gasteiger partial charge in [0.25, 0.3) is 6.47 Å². The molecule has 1 unspecified atom stereocenters. The Labute approximate surface area is 92.5 Å². The van der Waals surface area contributed by atoms with Crippen LogP contribution in [-0.4, -0.2) is 22.9 Å². The van der Waals surface area contributed by atoms with Gasteiger partial charge in [0.1, 0.15) is 0 Å². The normalized spacial score (nSPS) is 12.3. The van der Waals surface area contributed by atoms with Crippen LogP contribution in [0.1, 0.15) is 5.56 Å². The SMILES string of the molecule is O=COC(O)Cc1cnc2ccccc2c1. The van der Waals surface area contributed by atoms with Gasteiger partial charge in [-0.25, -0.2) is 0 Å². The molecular formula is C12H11NO3. The molecule has 0 radical (unpaired) electrons. The van der Waals surface area contributed by atoms with Gasteiger partial charge in [-0.3, -0.25) is 9.78 Å². The summed E-state index contributed by atoms with van der Waals surface area (Å²) < 4.78 is 4.41. The zero-order chi connectivity index (χ0) is 11.4. The molecule has 1 atom stereocenters. The van der Waals surface area contributed by atoms with E-state index >= 15 is 0 Å². The highest BCUT2D eigenvalue weighted by Gasteiger charge is 2.06. The first kappa shape index (κ1) is 10.6. The molecule has 4 nitrogen and oxygen atoms in total. The number of aliphatic hydroxyl groups excluding tert-OH is 1. The molecule has 0 saturated heterocycles. The lowest BCUT2D eigenvalue weighted by molar-refractivity contribution is -0.151. The predicted molar refractivity (Wildman–Crippen MR) is 58.6 cm³/mol. The van der Waals surface area contributed by atoms with Crippen LogP contribution in [0.5, 0.6) is 0 Å². The van der Waals surface area contributed by atoms with Gasteiger partial charge < -0.3 is 9.84 Å². The number of aliphatic hydroxyl groups is 1. The van der Waals surface area contributed by atoms with E-state index in [1.807, 2.05) is 30.3 Å². The summed E-state index contributed by atoms with van der Waals surface area (Å²) in [6, 6.07) is 9.61. The highest BCUT2D eigenvalue weighted by Crippen LogP contribution is 2.13. The molecule has 82 valence electrons. The minimum Gasteiger partial charge on any atom is -0.438 e. The number of carbonyl (C=O) groups excluding carboxylic acids is 1. The van der Waals surface area contributed by atoms with Crippen LogP contribution in [0.3, 0.4) is 0 Å². The molecule has 0 aliphatic heterocycles. The average Bonchev–Trinajstić information content (AvgIpc) is 2.29. The number of pyridine rings is 1. The second kappa shape index (κ2) is 4.72. The van der Waals surface area contributed by atoms with Crippen molar-refractivity contribution in [2.45, 2.75) is 12.7 Å². The van der Waals surface area contributed by atoms with E-state index in [9.17, 15) is 9.90 Å². The van der Waals surface area contributed by atoms with Crippen molar-refractivity contribution in [3.05, 3.63) is 42.1 Å². The van der Waals surface area contributed by atoms with Crippen molar-refractivity contribution in [1.29, 1.82) is 0 Å². The number of hydrogen-bond donors (Lipinski definition) is 1. The van der Waals surface area contributed by atoms with E-state index in [-0.39, 0.29) is 12.9 Å². The van der Waals surface area contributed by atoms with Crippen LogP contribution in [0.4, 0.5) is 0 Å². The van der Waals surface area contributed by atoms with Crippen molar-refractivity contribution in [2.75, 3.05) is 0 Å². The maximum absolute atomic E-state index is 10.0. The number of para-hydroxylation sites is 1. The Hall–Kier alpha value is -1.94. The lowest BCUT2D eigenvalue weighted by Gasteiger charge is -2.08. The molecular weight excluding hydrogens is 206 g/mol. The van der Waals surface area contributed by atoms with Gasteiger partial charge in [-0.15, -0.1) is 0 Å². The van der Waals surface area contributed by atoms with Gasteiger partial charge in [-0.2, -0.15) is 0 Å². The molecule has 0 spiro atoms. The predicted octanol–water partition coefficient (Wildman–Crippen LogP) is 1.27. The van der Waals surface area contributed by atoms with Gasteiger partial charge in [-0.1, -0.05) is 18.2 Å². The Morgan fingerprint density at radius 3 is 3.06 bits per heavy atom. The summed E-state index contributed by atoms with van der Waals surface area (Å²) in [6.45, 7) is 0.235. The molecule has 1 aromatic heterocycles. The maximum Gasteiger partial charge on any atom is 0.295 e. The highest BCUT2D eigenvalue weighted by molar-refractivity contribution is 5.78. The summed E-state index contributed by atoms with van der Waals surface area (Å²) in [4.78, 5) is 14.3. The first-order chi connectivity index (χ1) is 7.79. The van der Waals surface area contributed by atoms with E-state index < -0.39 is 6.29 Å². The Bertz CT molecular complexity index is 498. The van der Waals surface area contributed by atoms with Crippen molar-refractivity contribution in [3.8, 4) is 0 Å². The van der Waals surface area contributed by atoms with Crippen LogP contribution < -0.4 is 0 Å². The quantitative estimate of drug-likeness (QED) is 0.619. The van der Waals surface area contributed by atoms with E-state index in [2.05, 4.69) is 9.72 Å². The number of ether oxygens (including phenoxy) is 1. The molecule has 0 aliphatic rings. The van der Waals surface area contributed by atoms with Crippen molar-refractivity contribution in [2.24, 2.45) is 0 Å². The van der Waals surface area contributed by atoms with Crippen LogP contribution in [-0.2, 0) is 16.0 Å². The van der Waals surface area contributed by atoms with E-state index in [0.717, 1.165) is 16.5 Å². The fourth-order valence-corrected chi connectivity index (χ4v) is 1.54. The number of aromatic nitrogens is 1. The summed E-state index contributed by atoms with van der Waals surface area (Å²) in [6.07, 6.45) is 0.802. The third-order valence-electron chi connectivity index (χ3n) is 2.27.